The summed E-state index contributed by atoms with van der Waals surface area (Å²) in [6.07, 6.45) is 7.25. The van der Waals surface area contributed by atoms with E-state index in [2.05, 4.69) is 50.3 Å². The molecule has 0 aliphatic heterocycles. The number of allylic oxidation sites excluding steroid dienone is 2. The smallest absolute Gasteiger partial charge is 0.0228 e. The van der Waals surface area contributed by atoms with Gasteiger partial charge in [-0.25, -0.2) is 0 Å². The normalized spacial score (nSPS) is 11.7. The third-order valence-electron chi connectivity index (χ3n) is 2.34. The third kappa shape index (κ3) is 3.37. The van der Waals surface area contributed by atoms with Gasteiger partial charge in [-0.05, 0) is 24.0 Å². The molecule has 0 spiro atoms. The zero-order valence-corrected chi connectivity index (χ0v) is 9.29. The second kappa shape index (κ2) is 6.42. The molecule has 1 aromatic carbocycles. The number of benzene rings is 1. The minimum atomic E-state index is 1.20. The van der Waals surface area contributed by atoms with Crippen LogP contribution in [0.1, 0.15) is 45.1 Å². The Kier molecular flexibility index (Phi) is 5.06. The highest BCUT2D eigenvalue weighted by Gasteiger charge is 1.98. The Morgan fingerprint density at radius 2 is 1.79 bits per heavy atom. The molecule has 0 radical (unpaired) electrons. The van der Waals surface area contributed by atoms with E-state index in [0.717, 1.165) is 0 Å². The van der Waals surface area contributed by atoms with E-state index in [1.54, 1.807) is 0 Å². The molecule has 0 saturated heterocycles. The Balaban J connectivity index is 2.77. The Labute approximate surface area is 87.7 Å². The van der Waals surface area contributed by atoms with Crippen LogP contribution in [0.15, 0.2) is 36.4 Å². The molecule has 76 valence electrons. The molecule has 0 amide bonds. The van der Waals surface area contributed by atoms with Gasteiger partial charge in [0, 0.05) is 0 Å². The Bertz CT molecular complexity index is 269. The van der Waals surface area contributed by atoms with E-state index in [4.69, 9.17) is 0 Å². The lowest BCUT2D eigenvalue weighted by atomic mass is 10.00. The fourth-order valence-corrected chi connectivity index (χ4v) is 1.60. The number of unbranched alkanes of at least 4 members (excludes halogenated alkanes) is 1. The number of rotatable bonds is 5. The molecule has 0 atom stereocenters. The van der Waals surface area contributed by atoms with Gasteiger partial charge in [0.05, 0.1) is 0 Å². The largest absolute Gasteiger partial charge is 0.0807 e. The molecule has 1 aromatic rings. The van der Waals surface area contributed by atoms with Crippen molar-refractivity contribution in [3.63, 3.8) is 0 Å². The van der Waals surface area contributed by atoms with Crippen molar-refractivity contribution in [1.82, 2.24) is 0 Å². The Hall–Kier alpha value is -1.04. The minimum Gasteiger partial charge on any atom is -0.0807 e. The molecule has 14 heavy (non-hydrogen) atoms. The van der Waals surface area contributed by atoms with Crippen LogP contribution in [0.4, 0.5) is 0 Å². The van der Waals surface area contributed by atoms with E-state index in [1.807, 2.05) is 0 Å². The molecule has 0 fully saturated rings. The molecular weight excluding hydrogens is 168 g/mol. The van der Waals surface area contributed by atoms with Crippen molar-refractivity contribution in [3.05, 3.63) is 42.0 Å². The first-order valence-electron chi connectivity index (χ1n) is 5.63. The van der Waals surface area contributed by atoms with Gasteiger partial charge in [-0.15, -0.1) is 0 Å². The zero-order valence-electron chi connectivity index (χ0n) is 9.29. The quantitative estimate of drug-likeness (QED) is 0.630. The molecule has 1 rings (SSSR count). The topological polar surface area (TPSA) is 0 Å². The van der Waals surface area contributed by atoms with Gasteiger partial charge in [0.15, 0.2) is 0 Å². The van der Waals surface area contributed by atoms with Crippen molar-refractivity contribution in [3.8, 4) is 0 Å². The van der Waals surface area contributed by atoms with E-state index in [9.17, 15) is 0 Å². The van der Waals surface area contributed by atoms with Crippen LogP contribution in [-0.4, -0.2) is 0 Å². The van der Waals surface area contributed by atoms with Gasteiger partial charge in [-0.1, -0.05) is 63.1 Å². The summed E-state index contributed by atoms with van der Waals surface area (Å²) in [5.74, 6) is 0. The first-order chi connectivity index (χ1) is 6.88. The molecular formula is C14H20. The second-order valence-electron chi connectivity index (χ2n) is 3.63. The van der Waals surface area contributed by atoms with Crippen molar-refractivity contribution >= 4 is 5.57 Å². The zero-order chi connectivity index (χ0) is 10.2. The molecule has 0 N–H and O–H groups in total. The van der Waals surface area contributed by atoms with E-state index in [0.29, 0.717) is 0 Å². The summed E-state index contributed by atoms with van der Waals surface area (Å²) in [5, 5.41) is 0. The van der Waals surface area contributed by atoms with Gasteiger partial charge in [0.2, 0.25) is 0 Å². The molecule has 0 nitrogen and oxygen atoms in total. The van der Waals surface area contributed by atoms with E-state index >= 15 is 0 Å². The number of hydrogen-bond acceptors (Lipinski definition) is 0. The molecule has 0 bridgehead atoms. The Morgan fingerprint density at radius 1 is 1.07 bits per heavy atom. The van der Waals surface area contributed by atoms with E-state index in [-0.39, 0.29) is 0 Å². The van der Waals surface area contributed by atoms with Gasteiger partial charge in [-0.3, -0.25) is 0 Å². The van der Waals surface area contributed by atoms with Crippen molar-refractivity contribution in [2.75, 3.05) is 0 Å². The van der Waals surface area contributed by atoms with Gasteiger partial charge < -0.3 is 0 Å². The summed E-state index contributed by atoms with van der Waals surface area (Å²) in [6, 6.07) is 10.7. The molecule has 0 heteroatoms. The van der Waals surface area contributed by atoms with Crippen LogP contribution in [0.2, 0.25) is 0 Å². The van der Waals surface area contributed by atoms with Gasteiger partial charge in [-0.2, -0.15) is 0 Å². The maximum Gasteiger partial charge on any atom is -0.0228 e. The SMILES string of the molecule is CCCC=C(CCC)c1ccccc1. The predicted molar refractivity (Wildman–Crippen MR) is 64.2 cm³/mol. The first kappa shape index (κ1) is 11.0. The lowest BCUT2D eigenvalue weighted by Crippen LogP contribution is -1.84. The fraction of sp³-hybridized carbons (Fsp3) is 0.429. The van der Waals surface area contributed by atoms with Gasteiger partial charge >= 0.3 is 0 Å². The van der Waals surface area contributed by atoms with Crippen LogP contribution in [0.25, 0.3) is 5.57 Å². The van der Waals surface area contributed by atoms with E-state index in [1.165, 1.54) is 36.8 Å². The highest BCUT2D eigenvalue weighted by molar-refractivity contribution is 5.65. The van der Waals surface area contributed by atoms with Crippen LogP contribution in [0.3, 0.4) is 0 Å². The maximum absolute atomic E-state index is 2.39. The van der Waals surface area contributed by atoms with Crippen LogP contribution < -0.4 is 0 Å². The van der Waals surface area contributed by atoms with Crippen LogP contribution in [0.5, 0.6) is 0 Å². The summed E-state index contributed by atoms with van der Waals surface area (Å²) in [7, 11) is 0. The van der Waals surface area contributed by atoms with Crippen molar-refractivity contribution < 1.29 is 0 Å². The molecule has 0 aliphatic carbocycles. The summed E-state index contributed by atoms with van der Waals surface area (Å²) >= 11 is 0. The molecule has 0 saturated carbocycles. The highest BCUT2D eigenvalue weighted by Crippen LogP contribution is 2.20. The summed E-state index contributed by atoms with van der Waals surface area (Å²) in [6.45, 7) is 4.47. The van der Waals surface area contributed by atoms with Crippen molar-refractivity contribution in [2.24, 2.45) is 0 Å². The molecule has 0 unspecified atom stereocenters. The standard InChI is InChI=1S/C14H20/c1-3-5-10-13(9-4-2)14-11-7-6-8-12-14/h6-8,10-12H,3-5,9H2,1-2H3. The Morgan fingerprint density at radius 3 is 2.36 bits per heavy atom. The average molecular weight is 188 g/mol. The second-order valence-corrected chi connectivity index (χ2v) is 3.63. The minimum absolute atomic E-state index is 1.20. The number of hydrogen-bond donors (Lipinski definition) is 0. The van der Waals surface area contributed by atoms with Gasteiger partial charge in [0.1, 0.15) is 0 Å². The third-order valence-corrected chi connectivity index (χ3v) is 2.34. The highest BCUT2D eigenvalue weighted by atomic mass is 14.0. The lowest BCUT2D eigenvalue weighted by molar-refractivity contribution is 0.933. The molecule has 0 aliphatic rings. The lowest BCUT2D eigenvalue weighted by Gasteiger charge is -2.06. The van der Waals surface area contributed by atoms with Crippen molar-refractivity contribution in [2.45, 2.75) is 39.5 Å². The summed E-state index contributed by atoms with van der Waals surface area (Å²) < 4.78 is 0. The molecule has 0 heterocycles. The van der Waals surface area contributed by atoms with Crippen molar-refractivity contribution in [1.29, 1.82) is 0 Å². The van der Waals surface area contributed by atoms with Crippen LogP contribution >= 0.6 is 0 Å². The monoisotopic (exact) mass is 188 g/mol. The first-order valence-corrected chi connectivity index (χ1v) is 5.63. The van der Waals surface area contributed by atoms with Crippen LogP contribution in [0, 0.1) is 0 Å². The summed E-state index contributed by atoms with van der Waals surface area (Å²) in [4.78, 5) is 0. The van der Waals surface area contributed by atoms with E-state index < -0.39 is 0 Å². The maximum atomic E-state index is 2.39. The predicted octanol–water partition coefficient (Wildman–Crippen LogP) is 4.67. The molecule has 0 aromatic heterocycles. The summed E-state index contributed by atoms with van der Waals surface area (Å²) in [5.41, 5.74) is 2.90. The van der Waals surface area contributed by atoms with Crippen LogP contribution in [-0.2, 0) is 0 Å². The average Bonchev–Trinajstić information content (AvgIpc) is 2.25. The van der Waals surface area contributed by atoms with Gasteiger partial charge in [0.25, 0.3) is 0 Å². The fourth-order valence-electron chi connectivity index (χ4n) is 1.60.